The molecule has 1 aromatic rings. The average molecular weight is 215 g/mol. The molecule has 0 aromatic heterocycles. The molecule has 13 heavy (non-hydrogen) atoms. The van der Waals surface area contributed by atoms with Gasteiger partial charge in [0.15, 0.2) is 5.78 Å². The van der Waals surface area contributed by atoms with Crippen LogP contribution in [0.5, 0.6) is 0 Å². The number of hydrogen-bond donors (Lipinski definition) is 1. The van der Waals surface area contributed by atoms with Crippen molar-refractivity contribution in [2.45, 2.75) is 24.1 Å². The number of benzene rings is 1. The Morgan fingerprint density at radius 2 is 2.15 bits per heavy atom. The monoisotopic (exact) mass is 214 g/mol. The van der Waals surface area contributed by atoms with Crippen molar-refractivity contribution in [1.29, 1.82) is 0 Å². The summed E-state index contributed by atoms with van der Waals surface area (Å²) in [5.74, 6) is -0.0584. The van der Waals surface area contributed by atoms with E-state index in [1.165, 1.54) is 0 Å². The van der Waals surface area contributed by atoms with Crippen LogP contribution in [-0.4, -0.2) is 11.2 Å². The van der Waals surface area contributed by atoms with Crippen molar-refractivity contribution >= 4 is 30.0 Å². The fraction of sp³-hybridized carbons (Fsp3) is 0.300. The first-order chi connectivity index (χ1) is 6.02. The van der Waals surface area contributed by atoms with Gasteiger partial charge < -0.3 is 0 Å². The smallest absolute Gasteiger partial charge is 0.180 e. The maximum atomic E-state index is 11.4. The molecule has 70 valence electrons. The van der Waals surface area contributed by atoms with E-state index in [1.54, 1.807) is 19.1 Å². The van der Waals surface area contributed by atoms with Gasteiger partial charge in [0.2, 0.25) is 0 Å². The van der Waals surface area contributed by atoms with E-state index in [0.717, 1.165) is 10.5 Å². The molecule has 0 heterocycles. The van der Waals surface area contributed by atoms with Crippen LogP contribution in [0.2, 0.25) is 0 Å². The minimum absolute atomic E-state index is 0.0584. The van der Waals surface area contributed by atoms with Gasteiger partial charge in [0, 0.05) is 10.5 Å². The van der Waals surface area contributed by atoms with Gasteiger partial charge in [-0.25, -0.2) is 0 Å². The number of alkyl halides is 1. The molecule has 0 radical (unpaired) electrons. The van der Waals surface area contributed by atoms with E-state index in [2.05, 4.69) is 12.6 Å². The molecule has 0 saturated heterocycles. The summed E-state index contributed by atoms with van der Waals surface area (Å²) >= 11 is 9.92. The second-order valence-electron chi connectivity index (χ2n) is 2.98. The highest BCUT2D eigenvalue weighted by Crippen LogP contribution is 2.17. The van der Waals surface area contributed by atoms with Crippen LogP contribution in [0.25, 0.3) is 0 Å². The van der Waals surface area contributed by atoms with Gasteiger partial charge in [0.1, 0.15) is 0 Å². The predicted octanol–water partition coefficient (Wildman–Crippen LogP) is 3.09. The molecule has 0 aliphatic carbocycles. The molecular formula is C10H11ClOS. The van der Waals surface area contributed by atoms with E-state index in [0.29, 0.717) is 5.56 Å². The topological polar surface area (TPSA) is 17.1 Å². The van der Waals surface area contributed by atoms with Crippen molar-refractivity contribution in [1.82, 2.24) is 0 Å². The maximum absolute atomic E-state index is 11.4. The molecule has 0 bridgehead atoms. The molecule has 1 atom stereocenters. The Balaban J connectivity index is 3.04. The van der Waals surface area contributed by atoms with Crippen LogP contribution in [0, 0.1) is 6.92 Å². The van der Waals surface area contributed by atoms with Crippen LogP contribution in [-0.2, 0) is 0 Å². The number of aryl methyl sites for hydroxylation is 1. The van der Waals surface area contributed by atoms with Gasteiger partial charge in [-0.1, -0.05) is 12.1 Å². The van der Waals surface area contributed by atoms with E-state index in [4.69, 9.17) is 11.6 Å². The Hall–Kier alpha value is -0.470. The third-order valence-electron chi connectivity index (χ3n) is 1.85. The Kier molecular flexibility index (Phi) is 3.40. The number of ketones is 1. The van der Waals surface area contributed by atoms with Crippen molar-refractivity contribution in [3.8, 4) is 0 Å². The quantitative estimate of drug-likeness (QED) is 0.455. The normalized spacial score (nSPS) is 12.6. The summed E-state index contributed by atoms with van der Waals surface area (Å²) in [7, 11) is 0. The van der Waals surface area contributed by atoms with Gasteiger partial charge in [0.25, 0.3) is 0 Å². The van der Waals surface area contributed by atoms with Crippen LogP contribution in [0.4, 0.5) is 0 Å². The Morgan fingerprint density at radius 3 is 2.62 bits per heavy atom. The fourth-order valence-electron chi connectivity index (χ4n) is 0.992. The van der Waals surface area contributed by atoms with E-state index in [9.17, 15) is 4.79 Å². The molecule has 0 N–H and O–H groups in total. The Labute approximate surface area is 88.5 Å². The van der Waals surface area contributed by atoms with Gasteiger partial charge >= 0.3 is 0 Å². The Bertz CT molecular complexity index is 334. The van der Waals surface area contributed by atoms with E-state index < -0.39 is 5.38 Å². The number of hydrogen-bond acceptors (Lipinski definition) is 2. The van der Waals surface area contributed by atoms with Crippen molar-refractivity contribution in [2.75, 3.05) is 0 Å². The summed E-state index contributed by atoms with van der Waals surface area (Å²) < 4.78 is 0. The number of Topliss-reactive ketones (excluding diaryl/α,β-unsaturated/α-hetero) is 1. The van der Waals surface area contributed by atoms with Crippen molar-refractivity contribution in [3.63, 3.8) is 0 Å². The average Bonchev–Trinajstić information content (AvgIpc) is 2.08. The lowest BCUT2D eigenvalue weighted by atomic mass is 10.1. The summed E-state index contributed by atoms with van der Waals surface area (Å²) in [6, 6.07) is 5.39. The van der Waals surface area contributed by atoms with E-state index in [-0.39, 0.29) is 5.78 Å². The highest BCUT2D eigenvalue weighted by molar-refractivity contribution is 7.80. The second-order valence-corrected chi connectivity index (χ2v) is 4.12. The second kappa shape index (κ2) is 4.16. The first-order valence-electron chi connectivity index (χ1n) is 4.00. The summed E-state index contributed by atoms with van der Waals surface area (Å²) in [6.07, 6.45) is 0. The number of thiol groups is 1. The summed E-state index contributed by atoms with van der Waals surface area (Å²) in [4.78, 5) is 12.3. The van der Waals surface area contributed by atoms with Crippen molar-refractivity contribution in [3.05, 3.63) is 29.3 Å². The lowest BCUT2D eigenvalue weighted by Gasteiger charge is -2.04. The summed E-state index contributed by atoms with van der Waals surface area (Å²) in [5.41, 5.74) is 1.68. The molecule has 0 aliphatic rings. The highest BCUT2D eigenvalue weighted by Gasteiger charge is 2.12. The minimum Gasteiger partial charge on any atom is -0.293 e. The van der Waals surface area contributed by atoms with Gasteiger partial charge in [-0.05, 0) is 25.5 Å². The summed E-state index contributed by atoms with van der Waals surface area (Å²) in [6.45, 7) is 3.61. The van der Waals surface area contributed by atoms with Crippen LogP contribution in [0.1, 0.15) is 22.8 Å². The number of carbonyl (C=O) groups excluding carboxylic acids is 1. The van der Waals surface area contributed by atoms with Crippen LogP contribution >= 0.6 is 24.2 Å². The molecule has 0 saturated carbocycles. The molecule has 1 aromatic carbocycles. The number of carbonyl (C=O) groups is 1. The third kappa shape index (κ3) is 2.48. The summed E-state index contributed by atoms with van der Waals surface area (Å²) in [5, 5.41) is -0.476. The number of rotatable bonds is 2. The molecule has 3 heteroatoms. The standard InChI is InChI=1S/C10H11ClOS/c1-6-3-4-8(5-9(6)13)10(12)7(2)11/h3-5,7,13H,1-2H3. The highest BCUT2D eigenvalue weighted by atomic mass is 35.5. The van der Waals surface area contributed by atoms with Crippen LogP contribution in [0.3, 0.4) is 0 Å². The fourth-order valence-corrected chi connectivity index (χ4v) is 1.33. The molecule has 0 fully saturated rings. The zero-order valence-electron chi connectivity index (χ0n) is 7.54. The molecule has 0 amide bonds. The molecule has 1 unspecified atom stereocenters. The molecule has 0 spiro atoms. The molecule has 0 aliphatic heterocycles. The first kappa shape index (κ1) is 10.6. The number of halogens is 1. The zero-order valence-corrected chi connectivity index (χ0v) is 9.19. The SMILES string of the molecule is Cc1ccc(C(=O)C(C)Cl)cc1S. The largest absolute Gasteiger partial charge is 0.293 e. The minimum atomic E-state index is -0.476. The van der Waals surface area contributed by atoms with Crippen LogP contribution < -0.4 is 0 Å². The van der Waals surface area contributed by atoms with Gasteiger partial charge in [0.05, 0.1) is 5.38 Å². The first-order valence-corrected chi connectivity index (χ1v) is 4.88. The molecule has 1 nitrogen and oxygen atoms in total. The molecular weight excluding hydrogens is 204 g/mol. The van der Waals surface area contributed by atoms with Crippen molar-refractivity contribution < 1.29 is 4.79 Å². The lowest BCUT2D eigenvalue weighted by molar-refractivity contribution is 0.0991. The lowest BCUT2D eigenvalue weighted by Crippen LogP contribution is -2.10. The molecule has 1 rings (SSSR count). The van der Waals surface area contributed by atoms with Crippen molar-refractivity contribution in [2.24, 2.45) is 0 Å². The third-order valence-corrected chi connectivity index (χ3v) is 2.53. The Morgan fingerprint density at radius 1 is 1.54 bits per heavy atom. The van der Waals surface area contributed by atoms with E-state index >= 15 is 0 Å². The van der Waals surface area contributed by atoms with Gasteiger partial charge in [-0.2, -0.15) is 0 Å². The van der Waals surface area contributed by atoms with Crippen LogP contribution in [0.15, 0.2) is 23.1 Å². The van der Waals surface area contributed by atoms with E-state index in [1.807, 2.05) is 13.0 Å². The zero-order chi connectivity index (χ0) is 10.0. The van der Waals surface area contributed by atoms with Gasteiger partial charge in [-0.15, -0.1) is 24.2 Å². The maximum Gasteiger partial charge on any atom is 0.180 e. The predicted molar refractivity (Wildman–Crippen MR) is 58.1 cm³/mol. The van der Waals surface area contributed by atoms with Gasteiger partial charge in [-0.3, -0.25) is 4.79 Å².